The first-order chi connectivity index (χ1) is 10.2. The summed E-state index contributed by atoms with van der Waals surface area (Å²) in [4.78, 5) is 12.5. The van der Waals surface area contributed by atoms with E-state index in [1.54, 1.807) is 18.2 Å². The molecule has 22 heavy (non-hydrogen) atoms. The van der Waals surface area contributed by atoms with Crippen molar-refractivity contribution >= 4 is 11.4 Å². The second-order valence-corrected chi connectivity index (χ2v) is 6.04. The fourth-order valence-corrected chi connectivity index (χ4v) is 2.32. The number of rotatable bonds is 0. The normalized spacial score (nSPS) is 15.5. The highest BCUT2D eigenvalue weighted by Crippen LogP contribution is 2.41. The molecule has 1 aliphatic carbocycles. The highest BCUT2D eigenvalue weighted by Gasteiger charge is 2.34. The van der Waals surface area contributed by atoms with Crippen LogP contribution < -0.4 is 0 Å². The lowest BCUT2D eigenvalue weighted by Gasteiger charge is -2.14. The first kappa shape index (κ1) is 15.6. The highest BCUT2D eigenvalue weighted by atomic mass is 19.2. The van der Waals surface area contributed by atoms with Crippen LogP contribution in [0.1, 0.15) is 36.7 Å². The van der Waals surface area contributed by atoms with E-state index < -0.39 is 22.8 Å². The quantitative estimate of drug-likeness (QED) is 0.538. The molecule has 0 fully saturated rings. The Bertz CT molecular complexity index is 812. The average Bonchev–Trinajstić information content (AvgIpc) is 2.65. The van der Waals surface area contributed by atoms with Gasteiger partial charge in [0.25, 0.3) is 0 Å². The third-order valence-corrected chi connectivity index (χ3v) is 3.14. The summed E-state index contributed by atoms with van der Waals surface area (Å²) in [6.07, 6.45) is 1.61. The zero-order valence-corrected chi connectivity index (χ0v) is 12.3. The number of hydrogen-bond donors (Lipinski definition) is 0. The smallest absolute Gasteiger partial charge is 0.194 e. The zero-order valence-electron chi connectivity index (χ0n) is 12.3. The molecule has 0 aliphatic heterocycles. The van der Waals surface area contributed by atoms with Gasteiger partial charge in [0.2, 0.25) is 0 Å². The number of benzene rings is 1. The molecule has 0 amide bonds. The van der Waals surface area contributed by atoms with Crippen LogP contribution in [0.3, 0.4) is 0 Å². The van der Waals surface area contributed by atoms with Crippen molar-refractivity contribution in [2.24, 2.45) is 5.41 Å². The maximum Gasteiger partial charge on any atom is 0.194 e. The molecular weight excluding hydrogens is 286 g/mol. The average molecular weight is 298 g/mol. The highest BCUT2D eigenvalue weighted by molar-refractivity contribution is 6.27. The van der Waals surface area contributed by atoms with Crippen molar-refractivity contribution in [2.45, 2.75) is 20.8 Å². The summed E-state index contributed by atoms with van der Waals surface area (Å²) < 4.78 is 26.9. The number of hydrogen-bond acceptors (Lipinski definition) is 3. The molecule has 0 saturated heterocycles. The van der Waals surface area contributed by atoms with Crippen molar-refractivity contribution < 1.29 is 13.6 Å². The largest absolute Gasteiger partial charge is 0.289 e. The Morgan fingerprint density at radius 1 is 1.09 bits per heavy atom. The van der Waals surface area contributed by atoms with Crippen LogP contribution in [-0.2, 0) is 0 Å². The summed E-state index contributed by atoms with van der Waals surface area (Å²) in [6.45, 7) is 5.52. The second kappa shape index (κ2) is 5.20. The van der Waals surface area contributed by atoms with Crippen LogP contribution in [-0.4, -0.2) is 5.78 Å². The molecular formula is C17H12F2N2O. The minimum Gasteiger partial charge on any atom is -0.289 e. The number of nitriles is 2. The summed E-state index contributed by atoms with van der Waals surface area (Å²) in [5, 5.41) is 18.2. The Morgan fingerprint density at radius 2 is 1.59 bits per heavy atom. The zero-order chi connectivity index (χ0) is 16.7. The van der Waals surface area contributed by atoms with Crippen LogP contribution in [0.2, 0.25) is 0 Å². The number of halogens is 2. The van der Waals surface area contributed by atoms with Crippen molar-refractivity contribution in [3.63, 3.8) is 0 Å². The Hall–Kier alpha value is -2.79. The second-order valence-electron chi connectivity index (χ2n) is 6.04. The van der Waals surface area contributed by atoms with Gasteiger partial charge in [0.05, 0.1) is 0 Å². The molecule has 1 aromatic carbocycles. The number of fused-ring (bicyclic) bond motifs is 1. The van der Waals surface area contributed by atoms with Crippen molar-refractivity contribution in [3.8, 4) is 12.1 Å². The summed E-state index contributed by atoms with van der Waals surface area (Å²) >= 11 is 0. The molecule has 1 aliphatic rings. The van der Waals surface area contributed by atoms with E-state index in [9.17, 15) is 13.6 Å². The molecule has 110 valence electrons. The van der Waals surface area contributed by atoms with Crippen LogP contribution in [0, 0.1) is 39.7 Å². The van der Waals surface area contributed by atoms with Gasteiger partial charge in [0.1, 0.15) is 17.7 Å². The summed E-state index contributed by atoms with van der Waals surface area (Å²) in [7, 11) is 0. The molecule has 0 bridgehead atoms. The summed E-state index contributed by atoms with van der Waals surface area (Å²) in [5.74, 6) is -2.78. The minimum atomic E-state index is -1.14. The van der Waals surface area contributed by atoms with Gasteiger partial charge in [-0.05, 0) is 23.1 Å². The van der Waals surface area contributed by atoms with Gasteiger partial charge in [-0.15, -0.1) is 0 Å². The lowest BCUT2D eigenvalue weighted by atomic mass is 9.89. The minimum absolute atomic E-state index is 0.0348. The van der Waals surface area contributed by atoms with E-state index in [0.29, 0.717) is 0 Å². The van der Waals surface area contributed by atoms with E-state index in [0.717, 1.165) is 12.1 Å². The molecule has 1 aromatic rings. The fraction of sp³-hybridized carbons (Fsp3) is 0.235. The molecule has 0 spiro atoms. The molecule has 0 N–H and O–H groups in total. The van der Waals surface area contributed by atoms with Crippen molar-refractivity contribution in [3.05, 3.63) is 52.1 Å². The number of Topliss-reactive ketones (excluding diaryl/α,β-unsaturated/α-hetero) is 1. The van der Waals surface area contributed by atoms with E-state index in [-0.39, 0.29) is 27.8 Å². The molecule has 0 radical (unpaired) electrons. The van der Waals surface area contributed by atoms with Crippen molar-refractivity contribution in [2.75, 3.05) is 0 Å². The van der Waals surface area contributed by atoms with Crippen molar-refractivity contribution in [1.82, 2.24) is 0 Å². The molecule has 3 nitrogen and oxygen atoms in total. The molecule has 0 aromatic heterocycles. The van der Waals surface area contributed by atoms with E-state index >= 15 is 0 Å². The number of allylic oxidation sites excluding steroid dienone is 4. The summed E-state index contributed by atoms with van der Waals surface area (Å²) in [6, 6.07) is 5.09. The molecule has 5 heteroatoms. The van der Waals surface area contributed by atoms with Crippen LogP contribution in [0.4, 0.5) is 8.78 Å². The van der Waals surface area contributed by atoms with Gasteiger partial charge >= 0.3 is 0 Å². The van der Waals surface area contributed by atoms with Gasteiger partial charge in [-0.3, -0.25) is 4.79 Å². The maximum atomic E-state index is 13.5. The number of ketones is 1. The summed E-state index contributed by atoms with van der Waals surface area (Å²) in [5.41, 5.74) is -0.464. The van der Waals surface area contributed by atoms with E-state index in [2.05, 4.69) is 0 Å². The van der Waals surface area contributed by atoms with Gasteiger partial charge in [-0.25, -0.2) is 8.78 Å². The molecule has 0 atom stereocenters. The first-order valence-electron chi connectivity index (χ1n) is 6.51. The lowest BCUT2D eigenvalue weighted by Crippen LogP contribution is -2.05. The number of carbonyl (C=O) groups excluding carboxylic acids is 1. The van der Waals surface area contributed by atoms with Gasteiger partial charge in [0.15, 0.2) is 17.4 Å². The van der Waals surface area contributed by atoms with Crippen molar-refractivity contribution in [1.29, 1.82) is 10.5 Å². The Balaban J connectivity index is 2.90. The SMILES string of the molecule is CC(C)(C)/C=C1\C(=O)c2cc(F)c(F)cc2C1=C(C#N)C#N. The van der Waals surface area contributed by atoms with Crippen LogP contribution >= 0.6 is 0 Å². The van der Waals surface area contributed by atoms with E-state index in [1.807, 2.05) is 20.8 Å². The third kappa shape index (κ3) is 2.54. The predicted octanol–water partition coefficient (Wildman–Crippen LogP) is 3.93. The van der Waals surface area contributed by atoms with Gasteiger partial charge in [0, 0.05) is 16.7 Å². The van der Waals surface area contributed by atoms with Gasteiger partial charge in [-0.2, -0.15) is 10.5 Å². The number of carbonyl (C=O) groups is 1. The molecule has 0 heterocycles. The number of nitrogens with zero attached hydrogens (tertiary/aromatic N) is 2. The van der Waals surface area contributed by atoms with E-state index in [1.165, 1.54) is 0 Å². The predicted molar refractivity (Wildman–Crippen MR) is 76.4 cm³/mol. The Kier molecular flexibility index (Phi) is 3.69. The van der Waals surface area contributed by atoms with E-state index in [4.69, 9.17) is 10.5 Å². The molecule has 0 unspecified atom stereocenters. The third-order valence-electron chi connectivity index (χ3n) is 3.14. The first-order valence-corrected chi connectivity index (χ1v) is 6.51. The maximum absolute atomic E-state index is 13.5. The van der Waals surface area contributed by atoms with Crippen LogP contribution in [0.15, 0.2) is 29.4 Å². The van der Waals surface area contributed by atoms with Crippen LogP contribution in [0.25, 0.3) is 5.57 Å². The molecule has 2 rings (SSSR count). The monoisotopic (exact) mass is 298 g/mol. The van der Waals surface area contributed by atoms with Crippen LogP contribution in [0.5, 0.6) is 0 Å². The Morgan fingerprint density at radius 3 is 2.05 bits per heavy atom. The van der Waals surface area contributed by atoms with Gasteiger partial charge in [-0.1, -0.05) is 26.8 Å². The standard InChI is InChI=1S/C17H12F2N2O/c1-17(2,3)6-12-15(9(7-20)8-21)10-4-13(18)14(19)5-11(10)16(12)22/h4-6H,1-3H3/b12-6-. The van der Waals surface area contributed by atoms with Gasteiger partial charge < -0.3 is 0 Å². The Labute approximate surface area is 126 Å². The lowest BCUT2D eigenvalue weighted by molar-refractivity contribution is 0.104. The topological polar surface area (TPSA) is 64.7 Å². The fourth-order valence-electron chi connectivity index (χ4n) is 2.32. The molecule has 0 saturated carbocycles.